The fourth-order valence-electron chi connectivity index (χ4n) is 2.37. The third-order valence-corrected chi connectivity index (χ3v) is 5.06. The maximum absolute atomic E-state index is 12.6. The minimum Gasteiger partial charge on any atom is -0.313 e. The molecule has 2 N–H and O–H groups in total. The normalized spacial score (nSPS) is 20.5. The van der Waals surface area contributed by atoms with Crippen molar-refractivity contribution >= 4 is 10.0 Å². The van der Waals surface area contributed by atoms with E-state index in [2.05, 4.69) is 15.5 Å². The topological polar surface area (TPSA) is 78.1 Å². The van der Waals surface area contributed by atoms with Gasteiger partial charge in [0.15, 0.2) is 0 Å². The van der Waals surface area contributed by atoms with E-state index in [0.717, 1.165) is 19.4 Å². The van der Waals surface area contributed by atoms with Gasteiger partial charge in [-0.15, -0.1) is 0 Å². The van der Waals surface area contributed by atoms with Gasteiger partial charge in [-0.2, -0.15) is 9.40 Å². The van der Waals surface area contributed by atoms with Gasteiger partial charge in [0.25, 0.3) is 0 Å². The van der Waals surface area contributed by atoms with Crippen molar-refractivity contribution in [2.24, 2.45) is 5.92 Å². The van der Waals surface area contributed by atoms with E-state index in [1.54, 1.807) is 4.31 Å². The van der Waals surface area contributed by atoms with Crippen molar-refractivity contribution in [2.45, 2.75) is 37.6 Å². The molecule has 19 heavy (non-hydrogen) atoms. The first-order valence-corrected chi connectivity index (χ1v) is 8.16. The van der Waals surface area contributed by atoms with Crippen LogP contribution in [0, 0.1) is 5.92 Å². The molecule has 0 aromatic carbocycles. The predicted octanol–water partition coefficient (Wildman–Crippen LogP) is 0.808. The highest BCUT2D eigenvalue weighted by Crippen LogP contribution is 2.18. The molecule has 0 bridgehead atoms. The quantitative estimate of drug-likeness (QED) is 0.811. The molecule has 2 heterocycles. The number of aromatic nitrogens is 2. The molecule has 1 unspecified atom stereocenters. The van der Waals surface area contributed by atoms with Gasteiger partial charge in [0.1, 0.15) is 4.90 Å². The maximum Gasteiger partial charge on any atom is 0.246 e. The Balaban J connectivity index is 2.16. The van der Waals surface area contributed by atoms with Crippen LogP contribution in [-0.4, -0.2) is 48.6 Å². The summed E-state index contributed by atoms with van der Waals surface area (Å²) in [7, 11) is -3.44. The van der Waals surface area contributed by atoms with E-state index in [0.29, 0.717) is 19.0 Å². The minimum absolute atomic E-state index is 0.242. The molecule has 0 amide bonds. The lowest BCUT2D eigenvalue weighted by atomic mass is 10.2. The van der Waals surface area contributed by atoms with Crippen LogP contribution in [0.4, 0.5) is 0 Å². The van der Waals surface area contributed by atoms with E-state index in [1.807, 2.05) is 13.8 Å². The number of aromatic amines is 1. The summed E-state index contributed by atoms with van der Waals surface area (Å²) in [6.45, 7) is 6.10. The second-order valence-corrected chi connectivity index (χ2v) is 7.38. The Morgan fingerprint density at radius 3 is 2.84 bits per heavy atom. The maximum atomic E-state index is 12.6. The third kappa shape index (κ3) is 3.55. The summed E-state index contributed by atoms with van der Waals surface area (Å²) in [5.41, 5.74) is 0. The van der Waals surface area contributed by atoms with Gasteiger partial charge >= 0.3 is 0 Å². The summed E-state index contributed by atoms with van der Waals surface area (Å²) in [6.07, 6.45) is 4.96. The van der Waals surface area contributed by atoms with Gasteiger partial charge in [-0.05, 0) is 25.3 Å². The largest absolute Gasteiger partial charge is 0.313 e. The lowest BCUT2D eigenvalue weighted by Crippen LogP contribution is -2.42. The van der Waals surface area contributed by atoms with Gasteiger partial charge in [-0.1, -0.05) is 13.8 Å². The van der Waals surface area contributed by atoms with Crippen molar-refractivity contribution in [2.75, 3.05) is 19.6 Å². The highest BCUT2D eigenvalue weighted by Gasteiger charge is 2.29. The van der Waals surface area contributed by atoms with Gasteiger partial charge < -0.3 is 5.32 Å². The van der Waals surface area contributed by atoms with Crippen LogP contribution in [0.5, 0.6) is 0 Å². The van der Waals surface area contributed by atoms with Crippen molar-refractivity contribution in [1.29, 1.82) is 0 Å². The fourth-order valence-corrected chi connectivity index (χ4v) is 3.92. The third-order valence-electron chi connectivity index (χ3n) is 3.27. The summed E-state index contributed by atoms with van der Waals surface area (Å²) >= 11 is 0. The van der Waals surface area contributed by atoms with Crippen LogP contribution in [0.15, 0.2) is 17.3 Å². The van der Waals surface area contributed by atoms with Gasteiger partial charge in [-0.25, -0.2) is 8.42 Å². The average Bonchev–Trinajstić information content (AvgIpc) is 3.00. The number of sulfonamides is 1. The Labute approximate surface area is 114 Å². The predicted molar refractivity (Wildman–Crippen MR) is 73.2 cm³/mol. The first-order chi connectivity index (χ1) is 9.00. The van der Waals surface area contributed by atoms with Crippen molar-refractivity contribution in [3.8, 4) is 0 Å². The van der Waals surface area contributed by atoms with E-state index in [-0.39, 0.29) is 10.9 Å². The molecule has 2 rings (SSSR count). The van der Waals surface area contributed by atoms with Crippen LogP contribution in [0.1, 0.15) is 26.7 Å². The summed E-state index contributed by atoms with van der Waals surface area (Å²) in [5, 5.41) is 9.65. The Morgan fingerprint density at radius 2 is 2.32 bits per heavy atom. The SMILES string of the molecule is CC(C)CN(CC1CCCN1)S(=O)(=O)c1cn[nH]c1. The number of rotatable bonds is 6. The van der Waals surface area contributed by atoms with Crippen LogP contribution in [0.2, 0.25) is 0 Å². The van der Waals surface area contributed by atoms with Crippen molar-refractivity contribution in [3.05, 3.63) is 12.4 Å². The Kier molecular flexibility index (Phi) is 4.59. The molecule has 1 fully saturated rings. The van der Waals surface area contributed by atoms with E-state index in [1.165, 1.54) is 12.4 Å². The molecule has 1 aromatic heterocycles. The first kappa shape index (κ1) is 14.5. The molecule has 0 spiro atoms. The van der Waals surface area contributed by atoms with Crippen LogP contribution in [0.25, 0.3) is 0 Å². The Bertz CT molecular complexity index is 478. The standard InChI is InChI=1S/C12H22N4O2S/c1-10(2)8-16(9-11-4-3-5-13-11)19(17,18)12-6-14-15-7-12/h6-7,10-11,13H,3-5,8-9H2,1-2H3,(H,14,15). The molecule has 0 radical (unpaired) electrons. The Hall–Kier alpha value is -0.920. The van der Waals surface area contributed by atoms with Crippen LogP contribution in [-0.2, 0) is 10.0 Å². The van der Waals surface area contributed by atoms with Crippen LogP contribution >= 0.6 is 0 Å². The van der Waals surface area contributed by atoms with Gasteiger partial charge in [0, 0.05) is 25.3 Å². The molecule has 0 saturated carbocycles. The molecular weight excluding hydrogens is 264 g/mol. The smallest absolute Gasteiger partial charge is 0.246 e. The zero-order valence-corrected chi connectivity index (χ0v) is 12.3. The van der Waals surface area contributed by atoms with Gasteiger partial charge in [0.05, 0.1) is 6.20 Å². The lowest BCUT2D eigenvalue weighted by molar-refractivity contribution is 0.336. The molecule has 1 aliphatic heterocycles. The van der Waals surface area contributed by atoms with Crippen molar-refractivity contribution in [1.82, 2.24) is 19.8 Å². The Morgan fingerprint density at radius 1 is 1.53 bits per heavy atom. The van der Waals surface area contributed by atoms with E-state index in [4.69, 9.17) is 0 Å². The molecule has 108 valence electrons. The van der Waals surface area contributed by atoms with Gasteiger partial charge in [0.2, 0.25) is 10.0 Å². The zero-order valence-electron chi connectivity index (χ0n) is 11.5. The molecule has 0 aliphatic carbocycles. The monoisotopic (exact) mass is 286 g/mol. The zero-order chi connectivity index (χ0) is 13.9. The van der Waals surface area contributed by atoms with Crippen LogP contribution in [0.3, 0.4) is 0 Å². The fraction of sp³-hybridized carbons (Fsp3) is 0.750. The average molecular weight is 286 g/mol. The summed E-state index contributed by atoms with van der Waals surface area (Å²) < 4.78 is 26.7. The van der Waals surface area contributed by atoms with Crippen molar-refractivity contribution < 1.29 is 8.42 Å². The molecule has 1 aromatic rings. The summed E-state index contributed by atoms with van der Waals surface area (Å²) in [6, 6.07) is 0.264. The lowest BCUT2D eigenvalue weighted by Gasteiger charge is -2.26. The van der Waals surface area contributed by atoms with Crippen molar-refractivity contribution in [3.63, 3.8) is 0 Å². The number of nitrogens with zero attached hydrogens (tertiary/aromatic N) is 2. The van der Waals surface area contributed by atoms with E-state index >= 15 is 0 Å². The molecule has 6 nitrogen and oxygen atoms in total. The highest BCUT2D eigenvalue weighted by atomic mass is 32.2. The van der Waals surface area contributed by atoms with E-state index in [9.17, 15) is 8.42 Å². The van der Waals surface area contributed by atoms with Crippen LogP contribution < -0.4 is 5.32 Å². The first-order valence-electron chi connectivity index (χ1n) is 6.72. The summed E-state index contributed by atoms with van der Waals surface area (Å²) in [4.78, 5) is 0.242. The summed E-state index contributed by atoms with van der Waals surface area (Å²) in [5.74, 6) is 0.295. The second kappa shape index (κ2) is 6.02. The molecule has 7 heteroatoms. The molecule has 1 saturated heterocycles. The number of hydrogen-bond acceptors (Lipinski definition) is 4. The molecule has 1 aliphatic rings. The number of H-pyrrole nitrogens is 1. The highest BCUT2D eigenvalue weighted by molar-refractivity contribution is 7.89. The number of nitrogens with one attached hydrogen (secondary N) is 2. The minimum atomic E-state index is -3.44. The van der Waals surface area contributed by atoms with Gasteiger partial charge in [-0.3, -0.25) is 5.10 Å². The number of hydrogen-bond donors (Lipinski definition) is 2. The second-order valence-electron chi connectivity index (χ2n) is 5.44. The molecule has 1 atom stereocenters. The van der Waals surface area contributed by atoms with E-state index < -0.39 is 10.0 Å². The molecular formula is C12H22N4O2S.